The van der Waals surface area contributed by atoms with Gasteiger partial charge in [0.15, 0.2) is 0 Å². The summed E-state index contributed by atoms with van der Waals surface area (Å²) in [5, 5.41) is 0. The summed E-state index contributed by atoms with van der Waals surface area (Å²) in [6, 6.07) is 4.60. The Bertz CT molecular complexity index is 943. The number of nitrogens with one attached hydrogen (secondary N) is 1. The lowest BCUT2D eigenvalue weighted by Gasteiger charge is -2.07. The first-order chi connectivity index (χ1) is 12.8. The zero-order valence-corrected chi connectivity index (χ0v) is 14.6. The first-order valence-corrected chi connectivity index (χ1v) is 8.04. The molecule has 1 N–H and O–H groups in total. The number of carbonyl (C=O) groups excluding carboxylic acids is 1. The molecule has 3 rings (SSSR count). The zero-order chi connectivity index (χ0) is 19.6. The second-order valence-corrected chi connectivity index (χ2v) is 5.81. The summed E-state index contributed by atoms with van der Waals surface area (Å²) in [6.07, 6.45) is -2.56. The molecule has 2 aromatic heterocycles. The van der Waals surface area contributed by atoms with Crippen LogP contribution in [0, 0.1) is 6.92 Å². The van der Waals surface area contributed by atoms with Crippen LogP contribution in [-0.2, 0) is 22.1 Å². The van der Waals surface area contributed by atoms with E-state index in [9.17, 15) is 18.0 Å². The quantitative estimate of drug-likeness (QED) is 0.673. The topological polar surface area (TPSA) is 81.0 Å². The van der Waals surface area contributed by atoms with E-state index >= 15 is 0 Å². The van der Waals surface area contributed by atoms with E-state index in [1.807, 2.05) is 0 Å². The Kier molecular flexibility index (Phi) is 5.02. The van der Waals surface area contributed by atoms with E-state index in [0.717, 1.165) is 12.1 Å². The molecular formula is C18H16F3N3O3. The Morgan fingerprint density at radius 1 is 1.22 bits per heavy atom. The minimum Gasteiger partial charge on any atom is -0.469 e. The highest BCUT2D eigenvalue weighted by Crippen LogP contribution is 2.33. The number of imidazole rings is 1. The van der Waals surface area contributed by atoms with Crippen molar-refractivity contribution in [1.82, 2.24) is 15.0 Å². The number of ether oxygens (including phenoxy) is 1. The van der Waals surface area contributed by atoms with Crippen LogP contribution in [0.2, 0.25) is 0 Å². The lowest BCUT2D eigenvalue weighted by molar-refractivity contribution is -0.140. The first kappa shape index (κ1) is 18.7. The van der Waals surface area contributed by atoms with E-state index < -0.39 is 17.7 Å². The summed E-state index contributed by atoms with van der Waals surface area (Å²) in [5.74, 6) is 0.822. The van der Waals surface area contributed by atoms with Gasteiger partial charge in [0.25, 0.3) is 0 Å². The number of benzene rings is 1. The number of rotatable bonds is 5. The van der Waals surface area contributed by atoms with E-state index in [-0.39, 0.29) is 18.7 Å². The fourth-order valence-corrected chi connectivity index (χ4v) is 2.52. The van der Waals surface area contributed by atoms with E-state index in [4.69, 9.17) is 4.42 Å². The highest BCUT2D eigenvalue weighted by Gasteiger charge is 2.30. The van der Waals surface area contributed by atoms with Crippen molar-refractivity contribution in [1.29, 1.82) is 0 Å². The van der Waals surface area contributed by atoms with Gasteiger partial charge < -0.3 is 14.1 Å². The lowest BCUT2D eigenvalue weighted by Crippen LogP contribution is -2.04. The van der Waals surface area contributed by atoms with E-state index in [1.165, 1.54) is 19.2 Å². The van der Waals surface area contributed by atoms with Crippen LogP contribution in [0.4, 0.5) is 13.2 Å². The molecule has 0 fully saturated rings. The van der Waals surface area contributed by atoms with Gasteiger partial charge in [0.2, 0.25) is 5.89 Å². The van der Waals surface area contributed by atoms with Crippen LogP contribution in [0.25, 0.3) is 22.8 Å². The molecule has 0 aliphatic rings. The maximum atomic E-state index is 12.8. The molecule has 0 aliphatic heterocycles. The van der Waals surface area contributed by atoms with Gasteiger partial charge in [0, 0.05) is 18.2 Å². The Morgan fingerprint density at radius 3 is 2.48 bits per heavy atom. The number of oxazole rings is 1. The number of hydrogen-bond acceptors (Lipinski definition) is 5. The van der Waals surface area contributed by atoms with Crippen molar-refractivity contribution in [2.45, 2.75) is 25.9 Å². The smallest absolute Gasteiger partial charge is 0.416 e. The lowest BCUT2D eigenvalue weighted by atomic mass is 10.1. The molecule has 6 nitrogen and oxygen atoms in total. The third-order valence-electron chi connectivity index (χ3n) is 3.89. The number of halogens is 3. The standard InChI is InChI=1S/C18H16F3N3O3/c1-10-22-9-13(23-10)17-24-16(14(27-17)7-8-15(25)26-2)11-3-5-12(6-4-11)18(19,20)21/h3-6,9H,7-8H2,1-2H3,(H,22,23). The van der Waals surface area contributed by atoms with Gasteiger partial charge in [-0.3, -0.25) is 4.79 Å². The fourth-order valence-electron chi connectivity index (χ4n) is 2.52. The van der Waals surface area contributed by atoms with Crippen LogP contribution in [0.1, 0.15) is 23.6 Å². The van der Waals surface area contributed by atoms with Crippen LogP contribution in [-0.4, -0.2) is 28.0 Å². The van der Waals surface area contributed by atoms with Crippen molar-refractivity contribution in [3.05, 3.63) is 47.6 Å². The van der Waals surface area contributed by atoms with E-state index in [2.05, 4.69) is 19.7 Å². The molecule has 0 spiro atoms. The predicted octanol–water partition coefficient (Wildman–Crippen LogP) is 4.16. The van der Waals surface area contributed by atoms with Crippen molar-refractivity contribution in [2.75, 3.05) is 7.11 Å². The molecule has 0 unspecified atom stereocenters. The molecule has 2 heterocycles. The molecule has 0 radical (unpaired) electrons. The highest BCUT2D eigenvalue weighted by atomic mass is 19.4. The summed E-state index contributed by atoms with van der Waals surface area (Å²) in [7, 11) is 1.28. The largest absolute Gasteiger partial charge is 0.469 e. The monoisotopic (exact) mass is 379 g/mol. The predicted molar refractivity (Wildman–Crippen MR) is 89.6 cm³/mol. The molecule has 1 aromatic carbocycles. The Hall–Kier alpha value is -3.10. The Morgan fingerprint density at radius 2 is 1.93 bits per heavy atom. The first-order valence-electron chi connectivity index (χ1n) is 8.04. The number of aryl methyl sites for hydroxylation is 2. The molecule has 142 valence electrons. The molecule has 27 heavy (non-hydrogen) atoms. The number of aromatic nitrogens is 3. The van der Waals surface area contributed by atoms with Crippen molar-refractivity contribution in [2.24, 2.45) is 0 Å². The number of carbonyl (C=O) groups is 1. The minimum atomic E-state index is -4.42. The molecule has 0 atom stereocenters. The SMILES string of the molecule is COC(=O)CCc1oc(-c2c[nH]c(C)n2)nc1-c1ccc(C(F)(F)F)cc1. The average Bonchev–Trinajstić information content (AvgIpc) is 3.25. The summed E-state index contributed by atoms with van der Waals surface area (Å²) in [6.45, 7) is 1.77. The van der Waals surface area contributed by atoms with Crippen molar-refractivity contribution >= 4 is 5.97 Å². The molecule has 0 bridgehead atoms. The van der Waals surface area contributed by atoms with Crippen molar-refractivity contribution in [3.8, 4) is 22.8 Å². The number of methoxy groups -OCH3 is 1. The third kappa shape index (κ3) is 4.18. The second-order valence-electron chi connectivity index (χ2n) is 5.81. The maximum absolute atomic E-state index is 12.8. The summed E-state index contributed by atoms with van der Waals surface area (Å²) < 4.78 is 48.7. The summed E-state index contributed by atoms with van der Waals surface area (Å²) in [5.41, 5.74) is 0.521. The maximum Gasteiger partial charge on any atom is 0.416 e. The third-order valence-corrected chi connectivity index (χ3v) is 3.89. The van der Waals surface area contributed by atoms with Crippen LogP contribution >= 0.6 is 0 Å². The van der Waals surface area contributed by atoms with Crippen LogP contribution in [0.15, 0.2) is 34.9 Å². The van der Waals surface area contributed by atoms with Gasteiger partial charge in [0.05, 0.1) is 19.1 Å². The van der Waals surface area contributed by atoms with Crippen LogP contribution < -0.4 is 0 Å². The average molecular weight is 379 g/mol. The molecular weight excluding hydrogens is 363 g/mol. The number of alkyl halides is 3. The van der Waals surface area contributed by atoms with Crippen molar-refractivity contribution in [3.63, 3.8) is 0 Å². The van der Waals surface area contributed by atoms with Gasteiger partial charge in [-0.1, -0.05) is 12.1 Å². The fraction of sp³-hybridized carbons (Fsp3) is 0.278. The highest BCUT2D eigenvalue weighted by molar-refractivity contribution is 5.70. The Labute approximate surface area is 152 Å². The summed E-state index contributed by atoms with van der Waals surface area (Å²) in [4.78, 5) is 23.0. The van der Waals surface area contributed by atoms with Crippen LogP contribution in [0.5, 0.6) is 0 Å². The van der Waals surface area contributed by atoms with Gasteiger partial charge in [-0.15, -0.1) is 0 Å². The molecule has 9 heteroatoms. The van der Waals surface area contributed by atoms with Gasteiger partial charge in [-0.05, 0) is 19.1 Å². The van der Waals surface area contributed by atoms with Gasteiger partial charge in [-0.2, -0.15) is 13.2 Å². The minimum absolute atomic E-state index is 0.0539. The van der Waals surface area contributed by atoms with E-state index in [0.29, 0.717) is 28.5 Å². The van der Waals surface area contributed by atoms with Gasteiger partial charge in [-0.25, -0.2) is 9.97 Å². The van der Waals surface area contributed by atoms with Gasteiger partial charge >= 0.3 is 12.1 Å². The normalized spacial score (nSPS) is 11.6. The molecule has 0 saturated carbocycles. The zero-order valence-electron chi connectivity index (χ0n) is 14.6. The Balaban J connectivity index is 1.98. The molecule has 0 aliphatic carbocycles. The molecule has 0 saturated heterocycles. The van der Waals surface area contributed by atoms with Crippen LogP contribution in [0.3, 0.4) is 0 Å². The number of aromatic amines is 1. The summed E-state index contributed by atoms with van der Waals surface area (Å²) >= 11 is 0. The van der Waals surface area contributed by atoms with Crippen molar-refractivity contribution < 1.29 is 27.1 Å². The molecule has 0 amide bonds. The number of esters is 1. The number of nitrogens with zero attached hydrogens (tertiary/aromatic N) is 2. The second kappa shape index (κ2) is 7.26. The number of hydrogen-bond donors (Lipinski definition) is 1. The molecule has 3 aromatic rings. The van der Waals surface area contributed by atoms with E-state index in [1.54, 1.807) is 13.1 Å². The number of H-pyrrole nitrogens is 1. The van der Waals surface area contributed by atoms with Gasteiger partial charge in [0.1, 0.15) is 23.0 Å².